The van der Waals surface area contributed by atoms with Gasteiger partial charge in [0.05, 0.1) is 12.8 Å². The van der Waals surface area contributed by atoms with Gasteiger partial charge >= 0.3 is 0 Å². The zero-order valence-electron chi connectivity index (χ0n) is 9.32. The van der Waals surface area contributed by atoms with Crippen molar-refractivity contribution in [3.63, 3.8) is 0 Å². The van der Waals surface area contributed by atoms with Gasteiger partial charge in [-0.3, -0.25) is 0 Å². The summed E-state index contributed by atoms with van der Waals surface area (Å²) in [6.45, 7) is 2.11. The number of H-pyrrole nitrogens is 1. The minimum Gasteiger partial charge on any atom is -0.495 e. The molecular formula is C11H14N4O. The van der Waals surface area contributed by atoms with Crippen LogP contribution >= 0.6 is 0 Å². The molecule has 1 heterocycles. The number of hydrogen-bond acceptors (Lipinski definition) is 4. The van der Waals surface area contributed by atoms with E-state index in [0.717, 1.165) is 17.9 Å². The molecule has 0 fully saturated rings. The van der Waals surface area contributed by atoms with E-state index < -0.39 is 0 Å². The summed E-state index contributed by atoms with van der Waals surface area (Å²) in [5.41, 5.74) is 2.13. The molecule has 0 spiro atoms. The van der Waals surface area contributed by atoms with Crippen molar-refractivity contribution in [2.45, 2.75) is 13.3 Å². The molecule has 5 heteroatoms. The van der Waals surface area contributed by atoms with Crippen LogP contribution in [0.15, 0.2) is 24.5 Å². The first-order valence-corrected chi connectivity index (χ1v) is 5.12. The number of ether oxygens (including phenoxy) is 1. The second-order valence-electron chi connectivity index (χ2n) is 3.35. The van der Waals surface area contributed by atoms with Crippen LogP contribution in [0, 0.1) is 0 Å². The van der Waals surface area contributed by atoms with Crippen molar-refractivity contribution in [1.82, 2.24) is 15.2 Å². The average Bonchev–Trinajstić information content (AvgIpc) is 2.82. The van der Waals surface area contributed by atoms with E-state index in [1.807, 2.05) is 18.2 Å². The monoisotopic (exact) mass is 218 g/mol. The molecule has 0 aliphatic carbocycles. The Morgan fingerprint density at radius 1 is 1.44 bits per heavy atom. The first-order valence-electron chi connectivity index (χ1n) is 5.12. The van der Waals surface area contributed by atoms with Crippen LogP contribution in [0.4, 0.5) is 11.6 Å². The van der Waals surface area contributed by atoms with Crippen LogP contribution in [0.3, 0.4) is 0 Å². The van der Waals surface area contributed by atoms with Gasteiger partial charge < -0.3 is 10.1 Å². The van der Waals surface area contributed by atoms with E-state index in [1.54, 1.807) is 7.11 Å². The lowest BCUT2D eigenvalue weighted by atomic mass is 10.1. The molecule has 0 bridgehead atoms. The third-order valence-corrected chi connectivity index (χ3v) is 2.34. The highest BCUT2D eigenvalue weighted by molar-refractivity contribution is 5.63. The van der Waals surface area contributed by atoms with Crippen LogP contribution in [0.5, 0.6) is 5.75 Å². The van der Waals surface area contributed by atoms with Gasteiger partial charge in [0.15, 0.2) is 0 Å². The molecule has 0 atom stereocenters. The van der Waals surface area contributed by atoms with Gasteiger partial charge in [-0.2, -0.15) is 10.1 Å². The number of nitrogens with zero attached hydrogens (tertiary/aromatic N) is 2. The standard InChI is InChI=1S/C11H14N4O/c1-3-8-4-5-10(16-2)9(6-8)14-11-12-7-13-15-11/h4-7H,3H2,1-2H3,(H2,12,13,14,15). The number of aryl methyl sites for hydroxylation is 1. The number of hydrogen-bond donors (Lipinski definition) is 2. The smallest absolute Gasteiger partial charge is 0.223 e. The Morgan fingerprint density at radius 3 is 2.94 bits per heavy atom. The van der Waals surface area contributed by atoms with Crippen LogP contribution in [0.2, 0.25) is 0 Å². The maximum atomic E-state index is 5.27. The van der Waals surface area contributed by atoms with Crippen molar-refractivity contribution in [2.75, 3.05) is 12.4 Å². The molecule has 5 nitrogen and oxygen atoms in total. The number of aromatic amines is 1. The average molecular weight is 218 g/mol. The minimum absolute atomic E-state index is 0.603. The second kappa shape index (κ2) is 4.65. The molecule has 1 aromatic heterocycles. The van der Waals surface area contributed by atoms with Crippen molar-refractivity contribution in [3.8, 4) is 5.75 Å². The van der Waals surface area contributed by atoms with Crippen LogP contribution < -0.4 is 10.1 Å². The van der Waals surface area contributed by atoms with E-state index in [9.17, 15) is 0 Å². The summed E-state index contributed by atoms with van der Waals surface area (Å²) < 4.78 is 5.27. The van der Waals surface area contributed by atoms with Gasteiger partial charge in [-0.05, 0) is 24.1 Å². The Bertz CT molecular complexity index is 453. The molecule has 2 rings (SSSR count). The molecule has 0 radical (unpaired) electrons. The number of rotatable bonds is 4. The molecule has 0 saturated carbocycles. The zero-order valence-corrected chi connectivity index (χ0v) is 9.32. The predicted octanol–water partition coefficient (Wildman–Crippen LogP) is 2.12. The first kappa shape index (κ1) is 10.5. The van der Waals surface area contributed by atoms with Gasteiger partial charge in [0.1, 0.15) is 12.1 Å². The molecular weight excluding hydrogens is 204 g/mol. The molecule has 84 valence electrons. The molecule has 0 unspecified atom stereocenters. The fraction of sp³-hybridized carbons (Fsp3) is 0.273. The Labute approximate surface area is 93.9 Å². The molecule has 0 aliphatic heterocycles. The Hall–Kier alpha value is -2.04. The van der Waals surface area contributed by atoms with Gasteiger partial charge in [0.25, 0.3) is 0 Å². The van der Waals surface area contributed by atoms with E-state index in [4.69, 9.17) is 4.74 Å². The van der Waals surface area contributed by atoms with Crippen LogP contribution in [-0.4, -0.2) is 22.3 Å². The van der Waals surface area contributed by atoms with Gasteiger partial charge in [-0.15, -0.1) is 0 Å². The third kappa shape index (κ3) is 2.13. The lowest BCUT2D eigenvalue weighted by molar-refractivity contribution is 0.416. The van der Waals surface area contributed by atoms with Gasteiger partial charge in [0.2, 0.25) is 5.95 Å². The second-order valence-corrected chi connectivity index (χ2v) is 3.35. The summed E-state index contributed by atoms with van der Waals surface area (Å²) in [5.74, 6) is 1.39. The maximum absolute atomic E-state index is 5.27. The van der Waals surface area contributed by atoms with Gasteiger partial charge in [-0.25, -0.2) is 5.10 Å². The molecule has 2 aromatic rings. The molecule has 16 heavy (non-hydrogen) atoms. The van der Waals surface area contributed by atoms with Gasteiger partial charge in [0, 0.05) is 0 Å². The maximum Gasteiger partial charge on any atom is 0.223 e. The van der Waals surface area contributed by atoms with Crippen molar-refractivity contribution in [3.05, 3.63) is 30.1 Å². The van der Waals surface area contributed by atoms with Crippen molar-refractivity contribution in [1.29, 1.82) is 0 Å². The summed E-state index contributed by atoms with van der Waals surface area (Å²) in [6, 6.07) is 6.03. The van der Waals surface area contributed by atoms with E-state index in [0.29, 0.717) is 5.95 Å². The third-order valence-electron chi connectivity index (χ3n) is 2.34. The highest BCUT2D eigenvalue weighted by atomic mass is 16.5. The molecule has 0 saturated heterocycles. The highest BCUT2D eigenvalue weighted by Gasteiger charge is 2.05. The normalized spacial score (nSPS) is 10.1. The number of anilines is 2. The van der Waals surface area contributed by atoms with Crippen LogP contribution in [-0.2, 0) is 6.42 Å². The quantitative estimate of drug-likeness (QED) is 0.825. The molecule has 1 aromatic carbocycles. The molecule has 0 aliphatic rings. The van der Waals surface area contributed by atoms with Gasteiger partial charge in [-0.1, -0.05) is 13.0 Å². The lowest BCUT2D eigenvalue weighted by Gasteiger charge is -2.10. The van der Waals surface area contributed by atoms with E-state index >= 15 is 0 Å². The minimum atomic E-state index is 0.603. The van der Waals surface area contributed by atoms with Crippen molar-refractivity contribution < 1.29 is 4.74 Å². The van der Waals surface area contributed by atoms with E-state index in [1.165, 1.54) is 11.9 Å². The fourth-order valence-electron chi connectivity index (χ4n) is 1.47. The SMILES string of the molecule is CCc1ccc(OC)c(Nc2ncn[nH]2)c1. The summed E-state index contributed by atoms with van der Waals surface area (Å²) in [7, 11) is 1.65. The number of methoxy groups -OCH3 is 1. The number of aromatic nitrogens is 3. The van der Waals surface area contributed by atoms with Crippen molar-refractivity contribution in [2.24, 2.45) is 0 Å². The molecule has 2 N–H and O–H groups in total. The fourth-order valence-corrected chi connectivity index (χ4v) is 1.47. The van der Waals surface area contributed by atoms with Crippen LogP contribution in [0.25, 0.3) is 0 Å². The number of nitrogens with one attached hydrogen (secondary N) is 2. The summed E-state index contributed by atoms with van der Waals surface area (Å²) in [5, 5.41) is 9.65. The summed E-state index contributed by atoms with van der Waals surface area (Å²) >= 11 is 0. The van der Waals surface area contributed by atoms with Crippen molar-refractivity contribution >= 4 is 11.6 Å². The highest BCUT2D eigenvalue weighted by Crippen LogP contribution is 2.27. The Morgan fingerprint density at radius 2 is 2.31 bits per heavy atom. The summed E-state index contributed by atoms with van der Waals surface area (Å²) in [4.78, 5) is 4.01. The zero-order chi connectivity index (χ0) is 11.4. The lowest BCUT2D eigenvalue weighted by Crippen LogP contribution is -1.97. The Balaban J connectivity index is 2.30. The topological polar surface area (TPSA) is 62.8 Å². The van der Waals surface area contributed by atoms with E-state index in [2.05, 4.69) is 27.4 Å². The van der Waals surface area contributed by atoms with Crippen LogP contribution in [0.1, 0.15) is 12.5 Å². The largest absolute Gasteiger partial charge is 0.495 e. The van der Waals surface area contributed by atoms with E-state index in [-0.39, 0.29) is 0 Å². The predicted molar refractivity (Wildman–Crippen MR) is 62.0 cm³/mol. The molecule has 0 amide bonds. The summed E-state index contributed by atoms with van der Waals surface area (Å²) in [6.07, 6.45) is 2.44. The first-order chi connectivity index (χ1) is 7.83. The Kier molecular flexibility index (Phi) is 3.05. The number of benzene rings is 1.